The molecule has 4 nitrogen and oxygen atoms in total. The Balaban J connectivity index is 1.43. The summed E-state index contributed by atoms with van der Waals surface area (Å²) < 4.78 is 13.0. The van der Waals surface area contributed by atoms with Crippen LogP contribution in [0.2, 0.25) is 0 Å². The van der Waals surface area contributed by atoms with Gasteiger partial charge in [0, 0.05) is 49.9 Å². The molecule has 1 N–H and O–H groups in total. The smallest absolute Gasteiger partial charge is 0.252 e. The van der Waals surface area contributed by atoms with E-state index in [-0.39, 0.29) is 11.7 Å². The summed E-state index contributed by atoms with van der Waals surface area (Å²) in [6.07, 6.45) is 0. The van der Waals surface area contributed by atoms with Crippen LogP contribution in [0.3, 0.4) is 0 Å². The van der Waals surface area contributed by atoms with E-state index in [1.165, 1.54) is 12.1 Å². The minimum Gasteiger partial charge on any atom is -0.369 e. The lowest BCUT2D eigenvalue weighted by Gasteiger charge is -2.36. The van der Waals surface area contributed by atoms with Gasteiger partial charge in [-0.2, -0.15) is 0 Å². The van der Waals surface area contributed by atoms with E-state index in [2.05, 4.69) is 22.0 Å². The fraction of sp³-hybridized carbons (Fsp3) is 0.381. The van der Waals surface area contributed by atoms with Gasteiger partial charge in [-0.3, -0.25) is 9.69 Å². The average Bonchev–Trinajstić information content (AvgIpc) is 2.70. The molecule has 1 aliphatic heterocycles. The number of benzene rings is 2. The minimum absolute atomic E-state index is 0.00324. The van der Waals surface area contributed by atoms with Gasteiger partial charge in [-0.05, 0) is 42.2 Å². The van der Waals surface area contributed by atoms with Crippen molar-refractivity contribution in [2.75, 3.05) is 49.9 Å². The quantitative estimate of drug-likeness (QED) is 0.738. The molecule has 0 spiro atoms. The van der Waals surface area contributed by atoms with Crippen LogP contribution in [0.1, 0.15) is 17.3 Å². The van der Waals surface area contributed by atoms with Crippen LogP contribution in [-0.4, -0.2) is 55.8 Å². The lowest BCUT2D eigenvalue weighted by Crippen LogP contribution is -2.48. The van der Waals surface area contributed by atoms with Crippen molar-refractivity contribution in [1.82, 2.24) is 10.2 Å². The van der Waals surface area contributed by atoms with E-state index in [4.69, 9.17) is 0 Å². The molecule has 0 saturated carbocycles. The molecule has 27 heavy (non-hydrogen) atoms. The molecule has 1 aliphatic rings. The number of carbonyl (C=O) groups excluding carboxylic acids is 1. The molecule has 0 aliphatic carbocycles. The Morgan fingerprint density at radius 1 is 1.07 bits per heavy atom. The highest BCUT2D eigenvalue weighted by Gasteiger charge is 2.17. The number of halogens is 1. The fourth-order valence-corrected chi connectivity index (χ4v) is 4.04. The maximum Gasteiger partial charge on any atom is 0.252 e. The summed E-state index contributed by atoms with van der Waals surface area (Å²) in [7, 11) is 0. The molecule has 1 fully saturated rings. The van der Waals surface area contributed by atoms with Crippen LogP contribution < -0.4 is 10.2 Å². The SMILES string of the molecule is CCSc1ccccc1C(=O)NCCN1CCN(c2ccc(F)cc2)CC1. The van der Waals surface area contributed by atoms with Gasteiger partial charge >= 0.3 is 0 Å². The monoisotopic (exact) mass is 387 g/mol. The molecule has 0 aromatic heterocycles. The number of hydrogen-bond donors (Lipinski definition) is 1. The van der Waals surface area contributed by atoms with Crippen molar-refractivity contribution in [1.29, 1.82) is 0 Å². The molecule has 0 bridgehead atoms. The maximum atomic E-state index is 13.0. The van der Waals surface area contributed by atoms with Crippen molar-refractivity contribution in [3.05, 3.63) is 59.9 Å². The van der Waals surface area contributed by atoms with Crippen molar-refractivity contribution >= 4 is 23.4 Å². The Morgan fingerprint density at radius 2 is 1.78 bits per heavy atom. The van der Waals surface area contributed by atoms with E-state index in [1.54, 1.807) is 11.8 Å². The van der Waals surface area contributed by atoms with E-state index >= 15 is 0 Å². The zero-order valence-electron chi connectivity index (χ0n) is 15.7. The number of piperazine rings is 1. The third kappa shape index (κ3) is 5.47. The Bertz CT molecular complexity index is 745. The summed E-state index contributed by atoms with van der Waals surface area (Å²) in [4.78, 5) is 18.1. The molecule has 0 atom stereocenters. The first-order valence-electron chi connectivity index (χ1n) is 9.40. The zero-order valence-corrected chi connectivity index (χ0v) is 16.5. The van der Waals surface area contributed by atoms with Gasteiger partial charge in [0.2, 0.25) is 0 Å². The number of hydrogen-bond acceptors (Lipinski definition) is 4. The lowest BCUT2D eigenvalue weighted by molar-refractivity contribution is 0.0945. The lowest BCUT2D eigenvalue weighted by atomic mass is 10.2. The van der Waals surface area contributed by atoms with E-state index in [0.717, 1.165) is 54.6 Å². The Hall–Kier alpha value is -2.05. The van der Waals surface area contributed by atoms with Crippen molar-refractivity contribution in [2.24, 2.45) is 0 Å². The Kier molecular flexibility index (Phi) is 7.12. The molecule has 1 saturated heterocycles. The van der Waals surface area contributed by atoms with Gasteiger partial charge in [-0.25, -0.2) is 4.39 Å². The number of amides is 1. The topological polar surface area (TPSA) is 35.6 Å². The van der Waals surface area contributed by atoms with Crippen molar-refractivity contribution in [3.63, 3.8) is 0 Å². The van der Waals surface area contributed by atoms with Gasteiger partial charge in [0.25, 0.3) is 5.91 Å². The Labute approximate surface area is 164 Å². The second kappa shape index (κ2) is 9.76. The van der Waals surface area contributed by atoms with E-state index in [1.807, 2.05) is 36.4 Å². The van der Waals surface area contributed by atoms with Crippen LogP contribution in [-0.2, 0) is 0 Å². The van der Waals surface area contributed by atoms with Crippen LogP contribution in [0.25, 0.3) is 0 Å². The highest BCUT2D eigenvalue weighted by molar-refractivity contribution is 7.99. The second-order valence-electron chi connectivity index (χ2n) is 6.49. The number of anilines is 1. The largest absolute Gasteiger partial charge is 0.369 e. The summed E-state index contributed by atoms with van der Waals surface area (Å²) in [5, 5.41) is 3.04. The Morgan fingerprint density at radius 3 is 2.48 bits per heavy atom. The highest BCUT2D eigenvalue weighted by atomic mass is 32.2. The van der Waals surface area contributed by atoms with E-state index in [0.29, 0.717) is 6.54 Å². The van der Waals surface area contributed by atoms with Gasteiger partial charge in [-0.15, -0.1) is 11.8 Å². The maximum absolute atomic E-state index is 13.0. The first kappa shape index (κ1) is 19.7. The second-order valence-corrected chi connectivity index (χ2v) is 7.80. The average molecular weight is 388 g/mol. The normalized spacial score (nSPS) is 15.0. The number of rotatable bonds is 7. The number of nitrogens with one attached hydrogen (secondary N) is 1. The van der Waals surface area contributed by atoms with E-state index in [9.17, 15) is 9.18 Å². The van der Waals surface area contributed by atoms with Gasteiger partial charge in [0.1, 0.15) is 5.82 Å². The highest BCUT2D eigenvalue weighted by Crippen LogP contribution is 2.22. The molecule has 0 unspecified atom stereocenters. The number of carbonyl (C=O) groups is 1. The van der Waals surface area contributed by atoms with Crippen molar-refractivity contribution in [2.45, 2.75) is 11.8 Å². The molecular weight excluding hydrogens is 361 g/mol. The van der Waals surface area contributed by atoms with Gasteiger partial charge < -0.3 is 10.2 Å². The summed E-state index contributed by atoms with van der Waals surface area (Å²) in [6.45, 7) is 7.27. The third-order valence-corrected chi connectivity index (χ3v) is 5.66. The standard InChI is InChI=1S/C21H26FN3OS/c1-2-27-20-6-4-3-5-19(20)21(26)23-11-12-24-13-15-25(16-14-24)18-9-7-17(22)8-10-18/h3-10H,2,11-16H2,1H3,(H,23,26). The molecule has 144 valence electrons. The van der Waals surface area contributed by atoms with Gasteiger partial charge in [-0.1, -0.05) is 19.1 Å². The molecule has 2 aromatic rings. The molecule has 1 heterocycles. The van der Waals surface area contributed by atoms with Crippen LogP contribution in [0.4, 0.5) is 10.1 Å². The van der Waals surface area contributed by atoms with Crippen LogP contribution in [0.5, 0.6) is 0 Å². The van der Waals surface area contributed by atoms with E-state index < -0.39 is 0 Å². The van der Waals surface area contributed by atoms with Gasteiger partial charge in [0.15, 0.2) is 0 Å². The zero-order chi connectivity index (χ0) is 19.1. The summed E-state index contributed by atoms with van der Waals surface area (Å²) in [5.74, 6) is 0.742. The molecular formula is C21H26FN3OS. The van der Waals surface area contributed by atoms with Crippen molar-refractivity contribution in [3.8, 4) is 0 Å². The number of thioether (sulfide) groups is 1. The van der Waals surface area contributed by atoms with Crippen LogP contribution in [0.15, 0.2) is 53.4 Å². The first-order chi connectivity index (χ1) is 13.2. The molecule has 2 aromatic carbocycles. The third-order valence-electron chi connectivity index (χ3n) is 4.71. The minimum atomic E-state index is -0.202. The predicted molar refractivity (Wildman–Crippen MR) is 110 cm³/mol. The van der Waals surface area contributed by atoms with Crippen LogP contribution in [0, 0.1) is 5.82 Å². The molecule has 0 radical (unpaired) electrons. The summed E-state index contributed by atoms with van der Waals surface area (Å²) in [6, 6.07) is 14.4. The fourth-order valence-electron chi connectivity index (χ4n) is 3.24. The summed E-state index contributed by atoms with van der Waals surface area (Å²) >= 11 is 1.69. The molecule has 6 heteroatoms. The van der Waals surface area contributed by atoms with Gasteiger partial charge in [0.05, 0.1) is 5.56 Å². The number of nitrogens with zero attached hydrogens (tertiary/aromatic N) is 2. The van der Waals surface area contributed by atoms with Crippen molar-refractivity contribution < 1.29 is 9.18 Å². The first-order valence-corrected chi connectivity index (χ1v) is 10.4. The summed E-state index contributed by atoms with van der Waals surface area (Å²) in [5.41, 5.74) is 1.82. The van der Waals surface area contributed by atoms with Crippen LogP contribution >= 0.6 is 11.8 Å². The molecule has 3 rings (SSSR count). The molecule has 1 amide bonds. The predicted octanol–water partition coefficient (Wildman–Crippen LogP) is 3.49.